The van der Waals surface area contributed by atoms with Crippen LogP contribution < -0.4 is 5.32 Å². The summed E-state index contributed by atoms with van der Waals surface area (Å²) in [5.74, 6) is 0. The predicted octanol–water partition coefficient (Wildman–Crippen LogP) is 4.53. The second-order valence-corrected chi connectivity index (χ2v) is 6.53. The van der Waals surface area contributed by atoms with Gasteiger partial charge in [0.25, 0.3) is 0 Å². The van der Waals surface area contributed by atoms with Gasteiger partial charge in [-0.15, -0.1) is 11.8 Å². The van der Waals surface area contributed by atoms with Crippen LogP contribution in [0.3, 0.4) is 0 Å². The van der Waals surface area contributed by atoms with Crippen molar-refractivity contribution in [2.45, 2.75) is 43.2 Å². The quantitative estimate of drug-likeness (QED) is 0.839. The minimum Gasteiger partial charge on any atom is -0.302 e. The van der Waals surface area contributed by atoms with Crippen LogP contribution in [-0.2, 0) is 6.42 Å². The Bertz CT molecular complexity index is 594. The van der Waals surface area contributed by atoms with Crippen molar-refractivity contribution >= 4 is 11.8 Å². The fraction of sp³-hybridized carbons (Fsp3) is 0.389. The molecule has 0 bridgehead atoms. The van der Waals surface area contributed by atoms with Gasteiger partial charge in [-0.1, -0.05) is 18.2 Å². The molecule has 2 aromatic rings. The fourth-order valence-electron chi connectivity index (χ4n) is 3.06. The molecule has 3 rings (SSSR count). The van der Waals surface area contributed by atoms with Crippen LogP contribution in [0, 0.1) is 0 Å². The number of aromatic nitrogens is 1. The predicted molar refractivity (Wildman–Crippen MR) is 89.7 cm³/mol. The molecule has 0 saturated heterocycles. The van der Waals surface area contributed by atoms with Crippen molar-refractivity contribution in [3.8, 4) is 0 Å². The highest BCUT2D eigenvalue weighted by Crippen LogP contribution is 2.30. The third kappa shape index (κ3) is 3.30. The van der Waals surface area contributed by atoms with Crippen LogP contribution in [0.4, 0.5) is 0 Å². The van der Waals surface area contributed by atoms with Crippen molar-refractivity contribution in [1.82, 2.24) is 10.3 Å². The van der Waals surface area contributed by atoms with Gasteiger partial charge in [-0.2, -0.15) is 0 Å². The van der Waals surface area contributed by atoms with Gasteiger partial charge in [0.1, 0.15) is 0 Å². The molecular formula is C18H22N2S. The molecule has 1 aliphatic rings. The van der Waals surface area contributed by atoms with Gasteiger partial charge in [0, 0.05) is 17.1 Å². The molecule has 0 radical (unpaired) electrons. The molecule has 1 aromatic heterocycles. The molecule has 0 spiro atoms. The molecule has 3 heteroatoms. The van der Waals surface area contributed by atoms with Crippen molar-refractivity contribution in [2.24, 2.45) is 0 Å². The monoisotopic (exact) mass is 298 g/mol. The zero-order chi connectivity index (χ0) is 14.7. The Balaban J connectivity index is 1.74. The molecule has 0 fully saturated rings. The molecule has 2 unspecified atom stereocenters. The minimum atomic E-state index is 0.346. The topological polar surface area (TPSA) is 24.9 Å². The summed E-state index contributed by atoms with van der Waals surface area (Å²) in [5, 5.41) is 3.76. The molecule has 1 heterocycles. The van der Waals surface area contributed by atoms with Gasteiger partial charge in [-0.3, -0.25) is 4.98 Å². The van der Waals surface area contributed by atoms with E-state index in [1.807, 2.05) is 12.3 Å². The van der Waals surface area contributed by atoms with E-state index in [9.17, 15) is 0 Å². The van der Waals surface area contributed by atoms with Crippen LogP contribution in [0.25, 0.3) is 0 Å². The lowest BCUT2D eigenvalue weighted by atomic mass is 9.91. The second-order valence-electron chi connectivity index (χ2n) is 5.65. The number of pyridine rings is 1. The van der Waals surface area contributed by atoms with Gasteiger partial charge in [0.05, 0.1) is 11.7 Å². The summed E-state index contributed by atoms with van der Waals surface area (Å²) < 4.78 is 0. The molecule has 2 atom stereocenters. The Morgan fingerprint density at radius 3 is 2.81 bits per heavy atom. The van der Waals surface area contributed by atoms with Crippen molar-refractivity contribution in [2.75, 3.05) is 6.26 Å². The summed E-state index contributed by atoms with van der Waals surface area (Å²) in [6.07, 6.45) is 7.61. The second kappa shape index (κ2) is 6.63. The zero-order valence-corrected chi connectivity index (χ0v) is 13.5. The first-order valence-electron chi connectivity index (χ1n) is 7.61. The Hall–Kier alpha value is -1.32. The van der Waals surface area contributed by atoms with E-state index in [1.165, 1.54) is 34.6 Å². The lowest BCUT2D eigenvalue weighted by Gasteiger charge is -2.28. The van der Waals surface area contributed by atoms with E-state index in [0.29, 0.717) is 12.1 Å². The third-order valence-electron chi connectivity index (χ3n) is 4.26. The number of thioether (sulfide) groups is 1. The molecular weight excluding hydrogens is 276 g/mol. The summed E-state index contributed by atoms with van der Waals surface area (Å²) in [6.45, 7) is 2.24. The molecule has 0 aliphatic heterocycles. The Morgan fingerprint density at radius 2 is 2.05 bits per heavy atom. The Labute approximate surface area is 131 Å². The van der Waals surface area contributed by atoms with E-state index in [0.717, 1.165) is 6.42 Å². The van der Waals surface area contributed by atoms with Gasteiger partial charge >= 0.3 is 0 Å². The standard InChI is InChI=1S/C18H22N2S/c1-13(14-8-10-16(21-2)11-9-14)20-17-7-3-5-15-6-4-12-19-18(15)17/h4,6,8-13,17,20H,3,5,7H2,1-2H3. The van der Waals surface area contributed by atoms with Crippen LogP contribution in [0.1, 0.15) is 48.7 Å². The minimum absolute atomic E-state index is 0.346. The van der Waals surface area contributed by atoms with Crippen LogP contribution in [0.2, 0.25) is 0 Å². The van der Waals surface area contributed by atoms with E-state index >= 15 is 0 Å². The van der Waals surface area contributed by atoms with Crippen LogP contribution in [-0.4, -0.2) is 11.2 Å². The van der Waals surface area contributed by atoms with Crippen molar-refractivity contribution in [1.29, 1.82) is 0 Å². The third-order valence-corrected chi connectivity index (χ3v) is 5.01. The van der Waals surface area contributed by atoms with Gasteiger partial charge in [0.2, 0.25) is 0 Å². The Morgan fingerprint density at radius 1 is 1.24 bits per heavy atom. The highest BCUT2D eigenvalue weighted by atomic mass is 32.2. The van der Waals surface area contributed by atoms with Crippen LogP contribution in [0.5, 0.6) is 0 Å². The van der Waals surface area contributed by atoms with Gasteiger partial charge < -0.3 is 5.32 Å². The number of hydrogen-bond acceptors (Lipinski definition) is 3. The molecule has 1 aromatic carbocycles. The molecule has 0 amide bonds. The maximum absolute atomic E-state index is 4.61. The van der Waals surface area contributed by atoms with E-state index in [4.69, 9.17) is 0 Å². The Kier molecular flexibility index (Phi) is 4.61. The molecule has 110 valence electrons. The number of nitrogens with one attached hydrogen (secondary N) is 1. The number of rotatable bonds is 4. The molecule has 21 heavy (non-hydrogen) atoms. The smallest absolute Gasteiger partial charge is 0.0605 e. The van der Waals surface area contributed by atoms with Crippen LogP contribution >= 0.6 is 11.8 Å². The molecule has 1 aliphatic carbocycles. The number of benzene rings is 1. The van der Waals surface area contributed by atoms with E-state index in [1.54, 1.807) is 11.8 Å². The zero-order valence-electron chi connectivity index (χ0n) is 12.7. The summed E-state index contributed by atoms with van der Waals surface area (Å²) in [7, 11) is 0. The van der Waals surface area contributed by atoms with Gasteiger partial charge in [0.15, 0.2) is 0 Å². The van der Waals surface area contributed by atoms with Crippen molar-refractivity contribution in [3.05, 3.63) is 59.4 Å². The first-order valence-corrected chi connectivity index (χ1v) is 8.84. The maximum atomic E-state index is 4.61. The van der Waals surface area contributed by atoms with Gasteiger partial charge in [-0.25, -0.2) is 0 Å². The average molecular weight is 298 g/mol. The van der Waals surface area contributed by atoms with E-state index < -0.39 is 0 Å². The highest BCUT2D eigenvalue weighted by Gasteiger charge is 2.22. The number of fused-ring (bicyclic) bond motifs is 1. The first-order chi connectivity index (χ1) is 10.3. The van der Waals surface area contributed by atoms with Crippen LogP contribution in [0.15, 0.2) is 47.5 Å². The fourth-order valence-corrected chi connectivity index (χ4v) is 3.47. The maximum Gasteiger partial charge on any atom is 0.0605 e. The summed E-state index contributed by atoms with van der Waals surface area (Å²) in [6, 6.07) is 13.8. The number of aryl methyl sites for hydroxylation is 1. The lowest BCUT2D eigenvalue weighted by molar-refractivity contribution is 0.406. The average Bonchev–Trinajstić information content (AvgIpc) is 2.55. The molecule has 0 saturated carbocycles. The number of nitrogens with zero attached hydrogens (tertiary/aromatic N) is 1. The summed E-state index contributed by atoms with van der Waals surface area (Å²) in [4.78, 5) is 5.92. The van der Waals surface area contributed by atoms with E-state index in [-0.39, 0.29) is 0 Å². The van der Waals surface area contributed by atoms with E-state index in [2.05, 4.69) is 53.8 Å². The highest BCUT2D eigenvalue weighted by molar-refractivity contribution is 7.98. The summed E-state index contributed by atoms with van der Waals surface area (Å²) in [5.41, 5.74) is 4.00. The molecule has 1 N–H and O–H groups in total. The van der Waals surface area contributed by atoms with Crippen molar-refractivity contribution in [3.63, 3.8) is 0 Å². The molecule has 2 nitrogen and oxygen atoms in total. The van der Waals surface area contributed by atoms with Gasteiger partial charge in [-0.05, 0) is 61.8 Å². The largest absolute Gasteiger partial charge is 0.302 e. The first kappa shape index (κ1) is 14.6. The lowest BCUT2D eigenvalue weighted by Crippen LogP contribution is -2.28. The summed E-state index contributed by atoms with van der Waals surface area (Å²) >= 11 is 1.79. The van der Waals surface area contributed by atoms with Crippen molar-refractivity contribution < 1.29 is 0 Å². The SMILES string of the molecule is CSc1ccc(C(C)NC2CCCc3cccnc32)cc1. The number of hydrogen-bond donors (Lipinski definition) is 1. The normalized spacial score (nSPS) is 19.0.